The molecular formula is C20H22N2O3. The van der Waals surface area contributed by atoms with E-state index >= 15 is 0 Å². The first-order chi connectivity index (χ1) is 12.1. The number of amides is 1. The summed E-state index contributed by atoms with van der Waals surface area (Å²) in [6.45, 7) is 2.31. The Balaban J connectivity index is 1.42. The van der Waals surface area contributed by atoms with Crippen LogP contribution in [0.15, 0.2) is 42.5 Å². The predicted octanol–water partition coefficient (Wildman–Crippen LogP) is 3.53. The molecule has 0 radical (unpaired) electrons. The maximum Gasteiger partial charge on any atom is 0.338 e. The molecule has 5 heteroatoms. The van der Waals surface area contributed by atoms with E-state index in [0.717, 1.165) is 37.1 Å². The number of hydrogen-bond acceptors (Lipinski definition) is 4. The van der Waals surface area contributed by atoms with Crippen LogP contribution < -0.4 is 5.32 Å². The molecule has 1 N–H and O–H groups in total. The van der Waals surface area contributed by atoms with E-state index in [-0.39, 0.29) is 17.8 Å². The Morgan fingerprint density at radius 3 is 2.60 bits per heavy atom. The zero-order valence-corrected chi connectivity index (χ0v) is 14.3. The first kappa shape index (κ1) is 17.1. The minimum atomic E-state index is -0.350. The minimum absolute atomic E-state index is 0.0556. The Bertz CT molecular complexity index is 752. The van der Waals surface area contributed by atoms with Crippen LogP contribution in [0.3, 0.4) is 0 Å². The van der Waals surface area contributed by atoms with Crippen molar-refractivity contribution in [2.24, 2.45) is 5.92 Å². The molecule has 1 aliphatic rings. The number of carbonyl (C=O) groups is 2. The Kier molecular flexibility index (Phi) is 5.43. The third-order valence-corrected chi connectivity index (χ3v) is 4.09. The smallest absolute Gasteiger partial charge is 0.338 e. The number of esters is 1. The van der Waals surface area contributed by atoms with Gasteiger partial charge in [0.05, 0.1) is 12.2 Å². The van der Waals surface area contributed by atoms with Crippen LogP contribution in [-0.4, -0.2) is 23.5 Å². The molecule has 1 saturated carbocycles. The highest BCUT2D eigenvalue weighted by Gasteiger charge is 2.29. The monoisotopic (exact) mass is 338 g/mol. The van der Waals surface area contributed by atoms with Crippen LogP contribution in [0.4, 0.5) is 5.69 Å². The number of benzene rings is 1. The lowest BCUT2D eigenvalue weighted by Gasteiger charge is -2.07. The summed E-state index contributed by atoms with van der Waals surface area (Å²) in [6, 6.07) is 12.7. The average molecular weight is 338 g/mol. The summed E-state index contributed by atoms with van der Waals surface area (Å²) in [4.78, 5) is 28.2. The number of carbonyl (C=O) groups excluding carboxylic acids is 2. The number of rotatable bonds is 7. The molecule has 1 aliphatic carbocycles. The summed E-state index contributed by atoms with van der Waals surface area (Å²) in [5.74, 6) is -0.134. The lowest BCUT2D eigenvalue weighted by Crippen LogP contribution is -2.13. The van der Waals surface area contributed by atoms with E-state index < -0.39 is 0 Å². The van der Waals surface area contributed by atoms with Crippen molar-refractivity contribution < 1.29 is 14.3 Å². The van der Waals surface area contributed by atoms with Gasteiger partial charge in [0, 0.05) is 23.0 Å². The first-order valence-corrected chi connectivity index (χ1v) is 8.62. The largest absolute Gasteiger partial charge is 0.462 e. The standard InChI is InChI=1S/C20H22N2O3/c1-14-4-2-5-17(21-14)6-3-13-25-20(24)16-9-11-18(12-10-16)22-19(23)15-7-8-15/h2,4-5,9-12,15H,3,6-8,13H2,1H3,(H,22,23). The summed E-state index contributed by atoms with van der Waals surface area (Å²) in [7, 11) is 0. The highest BCUT2D eigenvalue weighted by Crippen LogP contribution is 2.30. The highest BCUT2D eigenvalue weighted by molar-refractivity contribution is 5.95. The lowest BCUT2D eigenvalue weighted by atomic mass is 10.2. The molecule has 0 unspecified atom stereocenters. The van der Waals surface area contributed by atoms with Crippen LogP contribution in [0.25, 0.3) is 0 Å². The van der Waals surface area contributed by atoms with E-state index in [4.69, 9.17) is 4.74 Å². The number of aromatic nitrogens is 1. The quantitative estimate of drug-likeness (QED) is 0.619. The molecule has 25 heavy (non-hydrogen) atoms. The van der Waals surface area contributed by atoms with Crippen molar-refractivity contribution in [2.75, 3.05) is 11.9 Å². The number of nitrogens with one attached hydrogen (secondary N) is 1. The number of ether oxygens (including phenoxy) is 1. The van der Waals surface area contributed by atoms with E-state index in [0.29, 0.717) is 17.9 Å². The highest BCUT2D eigenvalue weighted by atomic mass is 16.5. The van der Waals surface area contributed by atoms with Crippen LogP contribution in [-0.2, 0) is 16.0 Å². The first-order valence-electron chi connectivity index (χ1n) is 8.62. The fraction of sp³-hybridized carbons (Fsp3) is 0.350. The normalized spacial score (nSPS) is 13.3. The van der Waals surface area contributed by atoms with Gasteiger partial charge in [-0.3, -0.25) is 9.78 Å². The minimum Gasteiger partial charge on any atom is -0.462 e. The van der Waals surface area contributed by atoms with Crippen molar-refractivity contribution in [2.45, 2.75) is 32.6 Å². The van der Waals surface area contributed by atoms with Crippen molar-refractivity contribution in [3.8, 4) is 0 Å². The van der Waals surface area contributed by atoms with Gasteiger partial charge in [-0.15, -0.1) is 0 Å². The van der Waals surface area contributed by atoms with Gasteiger partial charge in [0.1, 0.15) is 0 Å². The summed E-state index contributed by atoms with van der Waals surface area (Å²) in [5, 5.41) is 2.85. The molecule has 0 aliphatic heterocycles. The van der Waals surface area contributed by atoms with Gasteiger partial charge < -0.3 is 10.1 Å². The van der Waals surface area contributed by atoms with Gasteiger partial charge in [-0.2, -0.15) is 0 Å². The predicted molar refractivity (Wildman–Crippen MR) is 95.4 cm³/mol. The number of hydrogen-bond donors (Lipinski definition) is 1. The second-order valence-electron chi connectivity index (χ2n) is 6.35. The van der Waals surface area contributed by atoms with Gasteiger partial charge in [-0.25, -0.2) is 4.79 Å². The summed E-state index contributed by atoms with van der Waals surface area (Å²) in [5.41, 5.74) is 3.19. The number of anilines is 1. The molecule has 1 aromatic carbocycles. The van der Waals surface area contributed by atoms with Gasteiger partial charge in [-0.05, 0) is 69.0 Å². The van der Waals surface area contributed by atoms with Gasteiger partial charge in [0.15, 0.2) is 0 Å². The van der Waals surface area contributed by atoms with Crippen molar-refractivity contribution in [1.29, 1.82) is 0 Å². The summed E-state index contributed by atoms with van der Waals surface area (Å²) >= 11 is 0. The number of aryl methyl sites for hydroxylation is 2. The number of pyridine rings is 1. The third kappa shape index (κ3) is 5.14. The van der Waals surface area contributed by atoms with Gasteiger partial charge in [-0.1, -0.05) is 6.07 Å². The topological polar surface area (TPSA) is 68.3 Å². The molecule has 2 aromatic rings. The molecule has 3 rings (SSSR count). The van der Waals surface area contributed by atoms with E-state index in [1.165, 1.54) is 0 Å². The molecule has 1 amide bonds. The summed E-state index contributed by atoms with van der Waals surface area (Å²) < 4.78 is 5.30. The Morgan fingerprint density at radius 1 is 1.16 bits per heavy atom. The SMILES string of the molecule is Cc1cccc(CCCOC(=O)c2ccc(NC(=O)C3CC3)cc2)n1. The van der Waals surface area contributed by atoms with Crippen LogP contribution in [0.1, 0.15) is 41.0 Å². The molecule has 0 bridgehead atoms. The molecule has 0 spiro atoms. The molecule has 0 atom stereocenters. The van der Waals surface area contributed by atoms with Gasteiger partial charge in [0.2, 0.25) is 5.91 Å². The zero-order chi connectivity index (χ0) is 17.6. The van der Waals surface area contributed by atoms with E-state index in [2.05, 4.69) is 10.3 Å². The maximum absolute atomic E-state index is 12.0. The third-order valence-electron chi connectivity index (χ3n) is 4.09. The van der Waals surface area contributed by atoms with Crippen LogP contribution >= 0.6 is 0 Å². The maximum atomic E-state index is 12.0. The molecule has 0 saturated heterocycles. The fourth-order valence-corrected chi connectivity index (χ4v) is 2.52. The molecule has 1 fully saturated rings. The van der Waals surface area contributed by atoms with Crippen molar-refractivity contribution in [3.05, 3.63) is 59.4 Å². The average Bonchev–Trinajstić information content (AvgIpc) is 3.44. The Labute approximate surface area is 147 Å². The van der Waals surface area contributed by atoms with Crippen molar-refractivity contribution in [1.82, 2.24) is 4.98 Å². The fourth-order valence-electron chi connectivity index (χ4n) is 2.52. The van der Waals surface area contributed by atoms with Crippen LogP contribution in [0.5, 0.6) is 0 Å². The summed E-state index contributed by atoms with van der Waals surface area (Å²) in [6.07, 6.45) is 3.45. The Morgan fingerprint density at radius 2 is 1.92 bits per heavy atom. The molecule has 5 nitrogen and oxygen atoms in total. The second-order valence-corrected chi connectivity index (χ2v) is 6.35. The van der Waals surface area contributed by atoms with E-state index in [9.17, 15) is 9.59 Å². The van der Waals surface area contributed by atoms with Crippen molar-refractivity contribution >= 4 is 17.6 Å². The van der Waals surface area contributed by atoms with E-state index in [1.807, 2.05) is 25.1 Å². The molecule has 1 heterocycles. The lowest BCUT2D eigenvalue weighted by molar-refractivity contribution is -0.117. The Hall–Kier alpha value is -2.69. The van der Waals surface area contributed by atoms with E-state index in [1.54, 1.807) is 24.3 Å². The van der Waals surface area contributed by atoms with Crippen LogP contribution in [0.2, 0.25) is 0 Å². The van der Waals surface area contributed by atoms with Crippen LogP contribution in [0, 0.1) is 12.8 Å². The molecular weight excluding hydrogens is 316 g/mol. The van der Waals surface area contributed by atoms with Gasteiger partial charge in [0.25, 0.3) is 0 Å². The second kappa shape index (κ2) is 7.92. The van der Waals surface area contributed by atoms with Gasteiger partial charge >= 0.3 is 5.97 Å². The number of nitrogens with zero attached hydrogens (tertiary/aromatic N) is 1. The molecule has 1 aromatic heterocycles. The molecule has 130 valence electrons. The van der Waals surface area contributed by atoms with Crippen molar-refractivity contribution in [3.63, 3.8) is 0 Å². The zero-order valence-electron chi connectivity index (χ0n) is 14.3.